The Kier molecular flexibility index (Phi) is 6.66. The van der Waals surface area contributed by atoms with Crippen molar-refractivity contribution in [1.82, 2.24) is 0 Å². The second-order valence-corrected chi connectivity index (χ2v) is 3.93. The fourth-order valence-corrected chi connectivity index (χ4v) is 1.06. The van der Waals surface area contributed by atoms with Gasteiger partial charge in [0.2, 0.25) is 0 Å². The van der Waals surface area contributed by atoms with E-state index in [1.54, 1.807) is 0 Å². The van der Waals surface area contributed by atoms with Crippen LogP contribution in [0.2, 0.25) is 0 Å². The van der Waals surface area contributed by atoms with E-state index < -0.39 is 10.4 Å². The summed E-state index contributed by atoms with van der Waals surface area (Å²) in [4.78, 5) is 0. The van der Waals surface area contributed by atoms with E-state index in [4.69, 9.17) is 23.4 Å². The molecule has 5 N–H and O–H groups in total. The summed E-state index contributed by atoms with van der Waals surface area (Å²) in [6.07, 6.45) is 2.33. The number of hydrogen-bond donors (Lipinski definition) is 4. The highest BCUT2D eigenvalue weighted by atomic mass is 32.3. The Balaban J connectivity index is 0.000000385. The molecule has 0 amide bonds. The first-order chi connectivity index (χ1) is 7.36. The second-order valence-electron chi connectivity index (χ2n) is 3.04. The van der Waals surface area contributed by atoms with Crippen LogP contribution in [0.1, 0.15) is 18.9 Å². The number of nitrogens with one attached hydrogen (secondary N) is 1. The molecule has 0 aliphatic carbocycles. The van der Waals surface area contributed by atoms with Crippen LogP contribution in [0.5, 0.6) is 0 Å². The molecule has 16 heavy (non-hydrogen) atoms. The van der Waals surface area contributed by atoms with Gasteiger partial charge in [0.25, 0.3) is 0 Å². The molecule has 1 rings (SSSR count). The summed E-state index contributed by atoms with van der Waals surface area (Å²) in [7, 11) is -4.67. The summed E-state index contributed by atoms with van der Waals surface area (Å²) in [6.45, 7) is 2.18. The lowest BCUT2D eigenvalue weighted by atomic mass is 10.1. The van der Waals surface area contributed by atoms with E-state index in [-0.39, 0.29) is 0 Å². The third kappa shape index (κ3) is 9.41. The molecule has 92 valence electrons. The largest absolute Gasteiger partial charge is 0.394 e. The number of anilines is 1. The lowest BCUT2D eigenvalue weighted by molar-refractivity contribution is 0.381. The number of rotatable bonds is 3. The molecule has 0 radical (unpaired) electrons. The maximum absolute atomic E-state index is 8.74. The smallest absolute Gasteiger partial charge is 0.324 e. The normalized spacial score (nSPS) is 10.2. The third-order valence-electron chi connectivity index (χ3n) is 1.66. The van der Waals surface area contributed by atoms with Crippen LogP contribution < -0.4 is 11.3 Å². The minimum absolute atomic E-state index is 0.963. The molecule has 6 nitrogen and oxygen atoms in total. The molecule has 0 heterocycles. The van der Waals surface area contributed by atoms with Crippen molar-refractivity contribution in [3.8, 4) is 0 Å². The van der Waals surface area contributed by atoms with Gasteiger partial charge in [0.05, 0.1) is 0 Å². The fraction of sp³-hybridized carbons (Fsp3) is 0.333. The van der Waals surface area contributed by atoms with Gasteiger partial charge in [0.1, 0.15) is 0 Å². The zero-order valence-corrected chi connectivity index (χ0v) is 9.74. The number of hydrogen-bond acceptors (Lipinski definition) is 4. The van der Waals surface area contributed by atoms with Crippen molar-refractivity contribution in [3.05, 3.63) is 29.8 Å². The van der Waals surface area contributed by atoms with Crippen molar-refractivity contribution in [2.75, 3.05) is 5.43 Å². The van der Waals surface area contributed by atoms with Crippen LogP contribution in [0.25, 0.3) is 0 Å². The molecule has 0 aromatic heterocycles. The van der Waals surface area contributed by atoms with Crippen LogP contribution in [0, 0.1) is 0 Å². The van der Waals surface area contributed by atoms with E-state index in [1.807, 2.05) is 12.1 Å². The van der Waals surface area contributed by atoms with Crippen molar-refractivity contribution >= 4 is 16.1 Å². The third-order valence-corrected chi connectivity index (χ3v) is 1.66. The van der Waals surface area contributed by atoms with Gasteiger partial charge in [-0.1, -0.05) is 25.5 Å². The molecule has 0 saturated carbocycles. The molecular formula is C9H16N2O4S. The van der Waals surface area contributed by atoms with Gasteiger partial charge in [0.15, 0.2) is 0 Å². The molecule has 0 unspecified atom stereocenters. The number of nitrogens with two attached hydrogens (primary N) is 1. The summed E-state index contributed by atoms with van der Waals surface area (Å²) in [5.74, 6) is 5.22. The zero-order valence-electron chi connectivity index (χ0n) is 8.92. The highest BCUT2D eigenvalue weighted by Crippen LogP contribution is 2.08. The number of aryl methyl sites for hydroxylation is 1. The maximum Gasteiger partial charge on any atom is 0.394 e. The van der Waals surface area contributed by atoms with Crippen LogP contribution in [0.15, 0.2) is 24.3 Å². The van der Waals surface area contributed by atoms with E-state index in [2.05, 4.69) is 24.5 Å². The summed E-state index contributed by atoms with van der Waals surface area (Å²) in [5, 5.41) is 0. The molecule has 0 aliphatic heterocycles. The summed E-state index contributed by atoms with van der Waals surface area (Å²) in [5.41, 5.74) is 4.93. The van der Waals surface area contributed by atoms with Crippen molar-refractivity contribution in [3.63, 3.8) is 0 Å². The molecule has 1 aromatic rings. The molecule has 0 atom stereocenters. The molecule has 7 heteroatoms. The fourth-order valence-electron chi connectivity index (χ4n) is 1.06. The van der Waals surface area contributed by atoms with Gasteiger partial charge < -0.3 is 5.43 Å². The molecule has 0 aliphatic rings. The standard InChI is InChI=1S/C9H14N2.H2O4S/c1-2-3-8-4-6-9(11-10)7-5-8;1-5(2,3)4/h4-7,11H,2-3,10H2,1H3;(H2,1,2,3,4). The van der Waals surface area contributed by atoms with Crippen LogP contribution in [0.4, 0.5) is 5.69 Å². The van der Waals surface area contributed by atoms with Gasteiger partial charge in [0, 0.05) is 5.69 Å². The monoisotopic (exact) mass is 248 g/mol. The van der Waals surface area contributed by atoms with Crippen molar-refractivity contribution in [2.24, 2.45) is 5.84 Å². The van der Waals surface area contributed by atoms with E-state index in [0.29, 0.717) is 0 Å². The maximum atomic E-state index is 8.74. The van der Waals surface area contributed by atoms with Crippen LogP contribution >= 0.6 is 0 Å². The van der Waals surface area contributed by atoms with E-state index in [1.165, 1.54) is 12.0 Å². The molecular weight excluding hydrogens is 232 g/mol. The van der Waals surface area contributed by atoms with Crippen LogP contribution in [0.3, 0.4) is 0 Å². The summed E-state index contributed by atoms with van der Waals surface area (Å²) >= 11 is 0. The van der Waals surface area contributed by atoms with Gasteiger partial charge in [-0.2, -0.15) is 8.42 Å². The molecule has 0 saturated heterocycles. The Morgan fingerprint density at radius 1 is 1.25 bits per heavy atom. The van der Waals surface area contributed by atoms with Gasteiger partial charge in [-0.15, -0.1) is 0 Å². The van der Waals surface area contributed by atoms with Crippen molar-refractivity contribution in [2.45, 2.75) is 19.8 Å². The van der Waals surface area contributed by atoms with Crippen LogP contribution in [-0.4, -0.2) is 17.5 Å². The first-order valence-electron chi connectivity index (χ1n) is 4.62. The predicted octanol–water partition coefficient (Wildman–Crippen LogP) is 1.27. The lowest BCUT2D eigenvalue weighted by Gasteiger charge is -2.00. The number of benzene rings is 1. The number of nitrogen functional groups attached to an aromatic ring is 1. The molecule has 1 aromatic carbocycles. The van der Waals surface area contributed by atoms with Crippen molar-refractivity contribution in [1.29, 1.82) is 0 Å². The van der Waals surface area contributed by atoms with Crippen molar-refractivity contribution < 1.29 is 17.5 Å². The Labute approximate surface area is 95.0 Å². The average molecular weight is 248 g/mol. The minimum Gasteiger partial charge on any atom is -0.324 e. The molecule has 0 spiro atoms. The van der Waals surface area contributed by atoms with Gasteiger partial charge in [-0.3, -0.25) is 14.9 Å². The Morgan fingerprint density at radius 2 is 1.69 bits per heavy atom. The lowest BCUT2D eigenvalue weighted by Crippen LogP contribution is -2.06. The first-order valence-corrected chi connectivity index (χ1v) is 6.02. The highest BCUT2D eigenvalue weighted by Gasteiger charge is 1.90. The van der Waals surface area contributed by atoms with Gasteiger partial charge in [-0.25, -0.2) is 0 Å². The average Bonchev–Trinajstić information content (AvgIpc) is 2.17. The van der Waals surface area contributed by atoms with E-state index >= 15 is 0 Å². The second kappa shape index (κ2) is 7.18. The van der Waals surface area contributed by atoms with E-state index in [9.17, 15) is 0 Å². The summed E-state index contributed by atoms with van der Waals surface area (Å²) < 4.78 is 31.6. The predicted molar refractivity (Wildman–Crippen MR) is 62.4 cm³/mol. The van der Waals surface area contributed by atoms with Gasteiger partial charge >= 0.3 is 10.4 Å². The minimum atomic E-state index is -4.67. The van der Waals surface area contributed by atoms with E-state index in [0.717, 1.165) is 12.1 Å². The summed E-state index contributed by atoms with van der Waals surface area (Å²) in [6, 6.07) is 8.17. The topological polar surface area (TPSA) is 113 Å². The SMILES string of the molecule is CCCc1ccc(NN)cc1.O=S(=O)(O)O. The zero-order chi connectivity index (χ0) is 12.6. The quantitative estimate of drug-likeness (QED) is 0.364. The molecule has 0 bridgehead atoms. The Hall–Kier alpha value is -1.15. The Morgan fingerprint density at radius 3 is 2.00 bits per heavy atom. The van der Waals surface area contributed by atoms with Gasteiger partial charge in [-0.05, 0) is 24.1 Å². The number of hydrazine groups is 1. The Bertz CT molecular complexity index is 380. The van der Waals surface area contributed by atoms with Crippen LogP contribution in [-0.2, 0) is 16.8 Å². The highest BCUT2D eigenvalue weighted by molar-refractivity contribution is 7.79. The molecule has 0 fully saturated rings. The first kappa shape index (κ1) is 14.8.